The summed E-state index contributed by atoms with van der Waals surface area (Å²) in [5.41, 5.74) is 0. The smallest absolute Gasteiger partial charge is 0.194 e. The fraction of sp³-hybridized carbons (Fsp3) is 0.923. The first-order valence-corrected chi connectivity index (χ1v) is 8.05. The van der Waals surface area contributed by atoms with Crippen molar-refractivity contribution in [2.75, 3.05) is 25.4 Å². The summed E-state index contributed by atoms with van der Waals surface area (Å²) in [6, 6.07) is 0.690. The Morgan fingerprint density at radius 3 is 2.82 bits per heavy atom. The van der Waals surface area contributed by atoms with E-state index < -0.39 is 0 Å². The Kier molecular flexibility index (Phi) is 5.01. The molecule has 0 aromatic carbocycles. The summed E-state index contributed by atoms with van der Waals surface area (Å²) in [5, 5.41) is 4.42. The second kappa shape index (κ2) is 6.53. The Bertz CT molecular complexity index is 263. The summed E-state index contributed by atoms with van der Waals surface area (Å²) in [5.74, 6) is 2.41. The van der Waals surface area contributed by atoms with E-state index in [2.05, 4.69) is 40.8 Å². The van der Waals surface area contributed by atoms with Gasteiger partial charge in [0.15, 0.2) is 5.96 Å². The molecule has 1 aliphatic carbocycles. The van der Waals surface area contributed by atoms with Crippen LogP contribution in [0.25, 0.3) is 0 Å². The van der Waals surface area contributed by atoms with E-state index in [9.17, 15) is 0 Å². The molecule has 1 heterocycles. The zero-order chi connectivity index (χ0) is 12.1. The van der Waals surface area contributed by atoms with Crippen LogP contribution in [0.1, 0.15) is 39.5 Å². The molecule has 1 saturated carbocycles. The van der Waals surface area contributed by atoms with Crippen molar-refractivity contribution in [2.45, 2.75) is 50.8 Å². The molecule has 1 N–H and O–H groups in total. The van der Waals surface area contributed by atoms with Crippen LogP contribution in [0.4, 0.5) is 0 Å². The van der Waals surface area contributed by atoms with Gasteiger partial charge < -0.3 is 10.2 Å². The van der Waals surface area contributed by atoms with Gasteiger partial charge in [0.1, 0.15) is 0 Å². The number of rotatable bonds is 3. The molecule has 1 atom stereocenters. The molecule has 1 aliphatic heterocycles. The molecule has 4 heteroatoms. The summed E-state index contributed by atoms with van der Waals surface area (Å²) in [4.78, 5) is 7.13. The zero-order valence-corrected chi connectivity index (χ0v) is 11.9. The van der Waals surface area contributed by atoms with Crippen LogP contribution < -0.4 is 5.32 Å². The molecule has 2 aliphatic rings. The van der Waals surface area contributed by atoms with Gasteiger partial charge in [-0.2, -0.15) is 11.8 Å². The molecule has 1 saturated heterocycles. The van der Waals surface area contributed by atoms with E-state index in [1.54, 1.807) is 0 Å². The van der Waals surface area contributed by atoms with E-state index in [1.807, 2.05) is 0 Å². The van der Waals surface area contributed by atoms with Gasteiger partial charge in [-0.15, -0.1) is 0 Å². The highest BCUT2D eigenvalue weighted by molar-refractivity contribution is 8.00. The van der Waals surface area contributed by atoms with E-state index in [-0.39, 0.29) is 0 Å². The number of hydrogen-bond acceptors (Lipinski definition) is 2. The van der Waals surface area contributed by atoms with Crippen LogP contribution in [-0.4, -0.2) is 47.5 Å². The number of thioether (sulfide) groups is 1. The predicted molar refractivity (Wildman–Crippen MR) is 76.9 cm³/mol. The molecule has 98 valence electrons. The number of nitrogens with one attached hydrogen (secondary N) is 1. The van der Waals surface area contributed by atoms with E-state index in [4.69, 9.17) is 0 Å². The lowest BCUT2D eigenvalue weighted by Gasteiger charge is -2.37. The SMILES string of the molecule is CCN=C(NC1CCC1)N1CCSC(CC)C1. The van der Waals surface area contributed by atoms with Crippen molar-refractivity contribution in [3.63, 3.8) is 0 Å². The molecular weight excluding hydrogens is 230 g/mol. The van der Waals surface area contributed by atoms with Gasteiger partial charge in [0.25, 0.3) is 0 Å². The second-order valence-corrected chi connectivity index (χ2v) is 6.33. The fourth-order valence-electron chi connectivity index (χ4n) is 2.28. The minimum absolute atomic E-state index is 0.690. The van der Waals surface area contributed by atoms with E-state index in [0.717, 1.165) is 24.3 Å². The van der Waals surface area contributed by atoms with Crippen molar-refractivity contribution < 1.29 is 0 Å². The summed E-state index contributed by atoms with van der Waals surface area (Å²) in [6.07, 6.45) is 5.29. The topological polar surface area (TPSA) is 27.6 Å². The maximum absolute atomic E-state index is 4.66. The number of guanidine groups is 1. The number of nitrogens with zero attached hydrogens (tertiary/aromatic N) is 2. The fourth-order valence-corrected chi connectivity index (χ4v) is 3.46. The molecule has 0 aromatic rings. The third-order valence-electron chi connectivity index (χ3n) is 3.64. The third-order valence-corrected chi connectivity index (χ3v) is 5.01. The number of aliphatic imine (C=N–C) groups is 1. The number of hydrogen-bond donors (Lipinski definition) is 1. The molecule has 2 rings (SSSR count). The standard InChI is InChI=1S/C13H25N3S/c1-3-12-10-16(8-9-17-12)13(14-4-2)15-11-6-5-7-11/h11-12H,3-10H2,1-2H3,(H,14,15). The van der Waals surface area contributed by atoms with Gasteiger partial charge in [-0.1, -0.05) is 6.92 Å². The van der Waals surface area contributed by atoms with Crippen LogP contribution in [0.15, 0.2) is 4.99 Å². The van der Waals surface area contributed by atoms with E-state index in [0.29, 0.717) is 6.04 Å². The lowest BCUT2D eigenvalue weighted by Crippen LogP contribution is -2.52. The lowest BCUT2D eigenvalue weighted by molar-refractivity contribution is 0.345. The van der Waals surface area contributed by atoms with Gasteiger partial charge in [-0.25, -0.2) is 0 Å². The van der Waals surface area contributed by atoms with Gasteiger partial charge in [0, 0.05) is 36.7 Å². The molecule has 1 unspecified atom stereocenters. The Morgan fingerprint density at radius 1 is 1.41 bits per heavy atom. The van der Waals surface area contributed by atoms with Crippen molar-refractivity contribution in [1.82, 2.24) is 10.2 Å². The van der Waals surface area contributed by atoms with Crippen molar-refractivity contribution >= 4 is 17.7 Å². The predicted octanol–water partition coefficient (Wildman–Crippen LogP) is 2.33. The molecule has 0 aromatic heterocycles. The van der Waals surface area contributed by atoms with Crippen molar-refractivity contribution in [1.29, 1.82) is 0 Å². The monoisotopic (exact) mass is 255 g/mol. The van der Waals surface area contributed by atoms with Crippen LogP contribution >= 0.6 is 11.8 Å². The third kappa shape index (κ3) is 3.54. The maximum atomic E-state index is 4.66. The molecule has 0 spiro atoms. The maximum Gasteiger partial charge on any atom is 0.194 e. The first kappa shape index (κ1) is 13.1. The van der Waals surface area contributed by atoms with Gasteiger partial charge in [-0.05, 0) is 32.6 Å². The summed E-state index contributed by atoms with van der Waals surface area (Å²) in [7, 11) is 0. The van der Waals surface area contributed by atoms with Crippen LogP contribution in [-0.2, 0) is 0 Å². The van der Waals surface area contributed by atoms with Crippen molar-refractivity contribution in [2.24, 2.45) is 4.99 Å². The molecule has 17 heavy (non-hydrogen) atoms. The van der Waals surface area contributed by atoms with Crippen LogP contribution in [0, 0.1) is 0 Å². The average molecular weight is 255 g/mol. The van der Waals surface area contributed by atoms with Gasteiger partial charge in [-0.3, -0.25) is 4.99 Å². The lowest BCUT2D eigenvalue weighted by atomic mass is 9.93. The van der Waals surface area contributed by atoms with Gasteiger partial charge in [0.2, 0.25) is 0 Å². The van der Waals surface area contributed by atoms with Crippen LogP contribution in [0.3, 0.4) is 0 Å². The van der Waals surface area contributed by atoms with Crippen molar-refractivity contribution in [3.8, 4) is 0 Å². The summed E-state index contributed by atoms with van der Waals surface area (Å²) in [6.45, 7) is 7.62. The molecule has 3 nitrogen and oxygen atoms in total. The Balaban J connectivity index is 1.91. The first-order chi connectivity index (χ1) is 8.33. The summed E-state index contributed by atoms with van der Waals surface area (Å²) < 4.78 is 0. The Hall–Kier alpha value is -0.380. The van der Waals surface area contributed by atoms with Crippen molar-refractivity contribution in [3.05, 3.63) is 0 Å². The van der Waals surface area contributed by atoms with Crippen LogP contribution in [0.2, 0.25) is 0 Å². The van der Waals surface area contributed by atoms with Crippen LogP contribution in [0.5, 0.6) is 0 Å². The average Bonchev–Trinajstić information content (AvgIpc) is 2.32. The normalized spacial score (nSPS) is 26.8. The van der Waals surface area contributed by atoms with E-state index >= 15 is 0 Å². The molecule has 0 radical (unpaired) electrons. The second-order valence-electron chi connectivity index (χ2n) is 4.92. The van der Waals surface area contributed by atoms with Gasteiger partial charge >= 0.3 is 0 Å². The Morgan fingerprint density at radius 2 is 2.24 bits per heavy atom. The molecular formula is C13H25N3S. The Labute approximate surface area is 109 Å². The highest BCUT2D eigenvalue weighted by Gasteiger charge is 2.25. The zero-order valence-electron chi connectivity index (χ0n) is 11.1. The van der Waals surface area contributed by atoms with E-state index in [1.165, 1.54) is 38.0 Å². The molecule has 2 fully saturated rings. The quantitative estimate of drug-likeness (QED) is 0.619. The minimum Gasteiger partial charge on any atom is -0.354 e. The highest BCUT2D eigenvalue weighted by atomic mass is 32.2. The largest absolute Gasteiger partial charge is 0.354 e. The molecule has 0 bridgehead atoms. The highest BCUT2D eigenvalue weighted by Crippen LogP contribution is 2.22. The summed E-state index contributed by atoms with van der Waals surface area (Å²) >= 11 is 2.12. The first-order valence-electron chi connectivity index (χ1n) is 7.01. The minimum atomic E-state index is 0.690. The molecule has 0 amide bonds. The van der Waals surface area contributed by atoms with Gasteiger partial charge in [0.05, 0.1) is 0 Å².